The normalized spacial score (nSPS) is 41.3. The van der Waals surface area contributed by atoms with Crippen LogP contribution in [0.25, 0.3) is 0 Å². The Balaban J connectivity index is 5.57. The van der Waals surface area contributed by atoms with Crippen LogP contribution in [0.3, 0.4) is 0 Å². The van der Waals surface area contributed by atoms with Crippen molar-refractivity contribution in [1.82, 2.24) is 0 Å². The van der Waals surface area contributed by atoms with Crippen molar-refractivity contribution in [2.75, 3.05) is 5.70 Å². The molecule has 0 fully saturated rings. The van der Waals surface area contributed by atoms with Crippen LogP contribution in [0.1, 0.15) is 4.11 Å². The Kier molecular flexibility index (Phi) is 0.490. The number of rotatable bonds is 4. The molecule has 0 aromatic heterocycles. The second-order valence-electron chi connectivity index (χ2n) is 0.756. The topological polar surface area (TPSA) is 63.3 Å². The molecule has 0 aliphatic heterocycles. The first-order valence-corrected chi connectivity index (χ1v) is 1.76. The molecule has 0 heterocycles. The molecule has 0 aromatic carbocycles. The number of carboxylic acids is 1. The van der Waals surface area contributed by atoms with E-state index in [1.807, 2.05) is 0 Å². The molecule has 0 amide bonds. The molecule has 7 heavy (non-hydrogen) atoms. The van der Waals surface area contributed by atoms with Gasteiger partial charge in [0.15, 0.2) is 0 Å². The van der Waals surface area contributed by atoms with Crippen LogP contribution in [0.4, 0.5) is 0 Å². The zero-order chi connectivity index (χ0) is 12.7. The molecule has 44 valence electrons. The van der Waals surface area contributed by atoms with Gasteiger partial charge in [0.2, 0.25) is 0 Å². The van der Waals surface area contributed by atoms with Crippen molar-refractivity contribution in [3.63, 3.8) is 0 Å². The number of nitrogens with two attached hydrogens (primary N) is 1. The van der Waals surface area contributed by atoms with E-state index in [-0.39, 0.29) is 0 Å². The number of hydrogen-bond donors (Lipinski definition) is 2. The van der Waals surface area contributed by atoms with E-state index in [4.69, 9.17) is 15.4 Å². The van der Waals surface area contributed by atoms with Crippen molar-refractivity contribution in [3.05, 3.63) is 0 Å². The van der Waals surface area contributed by atoms with Crippen LogP contribution in [0.15, 0.2) is 0 Å². The Morgan fingerprint density at radius 1 is 2.71 bits per heavy atom. The lowest BCUT2D eigenvalue weighted by atomic mass is 10.4. The highest BCUT2D eigenvalue weighted by Crippen LogP contribution is 1.80. The second kappa shape index (κ2) is 2.87. The van der Waals surface area contributed by atoms with Gasteiger partial charge in [-0.15, -0.1) is 0 Å². The average Bonchev–Trinajstić information content (AvgIpc) is 1.99. The fourth-order valence-electron chi connectivity index (χ4n) is 0.0437. The van der Waals surface area contributed by atoms with Crippen molar-refractivity contribution in [1.29, 1.82) is 3.37 Å². The van der Waals surface area contributed by atoms with E-state index in [1.165, 1.54) is 0 Å². The highest BCUT2D eigenvalue weighted by molar-refractivity contribution is 7.80. The predicted octanol–water partition coefficient (Wildman–Crippen LogP) is -1.21. The zero-order valence-electron chi connectivity index (χ0n) is 11.2. The predicted molar refractivity (Wildman–Crippen MR) is 32.3 cm³/mol. The summed E-state index contributed by atoms with van der Waals surface area (Å²) < 4.78 is 55.1. The van der Waals surface area contributed by atoms with E-state index < -0.39 is 35.8 Å². The van der Waals surface area contributed by atoms with Crippen molar-refractivity contribution in [2.45, 2.75) is 6.02 Å². The standard InChI is InChI=1S/C3H9NO2S/c4-2(1-7)3(5)6/h2H,1,4H2,7H3,(H,5,6)/t2-/m0/s1/i1D2,2D,7D3/hD2. The minimum Gasteiger partial charge on any atom is -0.480 e. The van der Waals surface area contributed by atoms with E-state index in [0.717, 1.165) is 0 Å². The van der Waals surface area contributed by atoms with Gasteiger partial charge in [0, 0.05) is 2.74 Å². The van der Waals surface area contributed by atoms with E-state index in [1.54, 1.807) is 0 Å². The Bertz CT molecular complexity index is 265. The van der Waals surface area contributed by atoms with Gasteiger partial charge in [-0.3, -0.25) is 17.1 Å². The highest BCUT2D eigenvalue weighted by atomic mass is 32.1. The molecule has 1 atom stereocenters. The van der Waals surface area contributed by atoms with E-state index >= 15 is 0 Å². The lowest BCUT2D eigenvalue weighted by molar-refractivity contribution is -0.137. The molecule has 0 saturated heterocycles. The molecule has 0 radical (unpaired) electrons. The fourth-order valence-corrected chi connectivity index (χ4v) is 0.131. The first-order chi connectivity index (χ1) is 6.39. The van der Waals surface area contributed by atoms with Gasteiger partial charge in [-0.1, -0.05) is 0 Å². The van der Waals surface area contributed by atoms with Gasteiger partial charge in [-0.2, -0.15) is 0 Å². The van der Waals surface area contributed by atoms with Crippen LogP contribution in [0, 0.1) is 0 Å². The van der Waals surface area contributed by atoms with Gasteiger partial charge in [-0.05, 0) is 5.70 Å². The summed E-state index contributed by atoms with van der Waals surface area (Å²) in [6, 6.07) is -3.48. The van der Waals surface area contributed by atoms with Crippen molar-refractivity contribution in [3.8, 4) is 0 Å². The monoisotopic (exact) mass is 131 g/mol. The third-order valence-electron chi connectivity index (χ3n) is 0.299. The quantitative estimate of drug-likeness (QED) is 0.503. The molecular formula is C3H9NO2S. The number of carbonyl (C=O) groups is 1. The summed E-state index contributed by atoms with van der Waals surface area (Å²) in [5, 5.41) is 8.56. The molecule has 0 unspecified atom stereocenters. The maximum absolute atomic E-state index is 10.6. The average molecular weight is 131 g/mol. The minimum absolute atomic E-state index is 0.755. The van der Waals surface area contributed by atoms with Gasteiger partial charge in [0.25, 0.3) is 0 Å². The molecular weight excluding hydrogens is 114 g/mol. The maximum Gasteiger partial charge on any atom is 0.321 e. The molecule has 4 heteroatoms. The fraction of sp³-hybridized carbons (Fsp3) is 0.667. The molecule has 0 spiro atoms. The van der Waals surface area contributed by atoms with Crippen LogP contribution in [-0.4, -0.2) is 26.2 Å². The third kappa shape index (κ3) is 2.47. The Hall–Kier alpha value is -0.220. The van der Waals surface area contributed by atoms with Crippen LogP contribution in [0.5, 0.6) is 0 Å². The van der Waals surface area contributed by atoms with Crippen LogP contribution >= 0.6 is 12.3 Å². The Morgan fingerprint density at radius 3 is 3.57 bits per heavy atom. The van der Waals surface area contributed by atoms with Crippen molar-refractivity contribution < 1.29 is 16.8 Å². The summed E-state index contributed by atoms with van der Waals surface area (Å²) >= 11 is -4.32. The van der Waals surface area contributed by atoms with E-state index in [0.29, 0.717) is 0 Å². The van der Waals surface area contributed by atoms with Crippen LogP contribution in [-0.2, 0) is 4.79 Å². The largest absolute Gasteiger partial charge is 0.480 e. The molecule has 0 saturated carbocycles. The molecule has 0 rings (SSSR count). The summed E-state index contributed by atoms with van der Waals surface area (Å²) in [5.41, 5.74) is -4.22. The van der Waals surface area contributed by atoms with Crippen LogP contribution in [0.2, 0.25) is 2.82 Å². The van der Waals surface area contributed by atoms with Crippen molar-refractivity contribution in [2.24, 2.45) is 5.72 Å². The third-order valence-corrected chi connectivity index (χ3v) is 0.493. The Morgan fingerprint density at radius 2 is 3.43 bits per heavy atom. The summed E-state index contributed by atoms with van der Waals surface area (Å²) in [4.78, 5) is 10.6. The highest BCUT2D eigenvalue weighted by Gasteiger charge is 2.05. The maximum atomic E-state index is 10.6. The van der Waals surface area contributed by atoms with Gasteiger partial charge in [-0.25, -0.2) is 0 Å². The SMILES string of the molecule is [2H]N([2H])[C@]([2H])(C(=O)O)C([2H])([2H])S([2H])([2H])[2H]. The number of hydrogen-bond acceptors (Lipinski definition) is 2. The summed E-state index contributed by atoms with van der Waals surface area (Å²) in [5.74, 6) is -2.19. The first-order valence-electron chi connectivity index (χ1n) is 4.97. The first kappa shape index (κ1) is 1.19. The van der Waals surface area contributed by atoms with Gasteiger partial charge in [0.1, 0.15) is 8.84 Å². The second-order valence-corrected chi connectivity index (χ2v) is 0.960. The summed E-state index contributed by atoms with van der Waals surface area (Å²) in [6.45, 7) is 0. The van der Waals surface area contributed by atoms with E-state index in [9.17, 15) is 4.79 Å². The Labute approximate surface area is 57.3 Å². The lowest BCUT2D eigenvalue weighted by Gasteiger charge is -1.97. The molecule has 0 aliphatic rings. The smallest absolute Gasteiger partial charge is 0.321 e. The summed E-state index contributed by atoms with van der Waals surface area (Å²) in [6.07, 6.45) is 0. The summed E-state index contributed by atoms with van der Waals surface area (Å²) in [7, 11) is 0. The molecule has 0 aliphatic carbocycles. The molecule has 3 N–H and O–H groups in total. The minimum atomic E-state index is -4.32. The van der Waals surface area contributed by atoms with Crippen LogP contribution < -0.4 is 5.72 Å². The zero-order valence-corrected chi connectivity index (χ0v) is 4.03. The molecule has 0 aromatic rings. The molecule has 0 bridgehead atoms. The lowest BCUT2D eigenvalue weighted by Crippen LogP contribution is -2.31. The van der Waals surface area contributed by atoms with Crippen molar-refractivity contribution >= 4 is 18.3 Å². The van der Waals surface area contributed by atoms with Gasteiger partial charge in [0.05, 0.1) is 4.74 Å². The number of carboxylic acid groups (broad SMARTS) is 1. The van der Waals surface area contributed by atoms with Gasteiger partial charge < -0.3 is 10.8 Å². The molecule has 3 nitrogen and oxygen atoms in total. The van der Waals surface area contributed by atoms with E-state index in [2.05, 4.69) is 0 Å². The van der Waals surface area contributed by atoms with Gasteiger partial charge >= 0.3 is 5.97 Å². The number of aliphatic carboxylic acids is 1.